The molecule has 0 aliphatic heterocycles. The minimum Gasteiger partial charge on any atom is -0.504 e. The van der Waals surface area contributed by atoms with E-state index in [1.807, 2.05) is 0 Å². The second-order valence-corrected chi connectivity index (χ2v) is 4.03. The lowest BCUT2D eigenvalue weighted by Gasteiger charge is -2.08. The summed E-state index contributed by atoms with van der Waals surface area (Å²) in [5, 5.41) is 18.8. The Hall–Kier alpha value is -2.96. The van der Waals surface area contributed by atoms with E-state index in [1.165, 1.54) is 25.3 Å². The summed E-state index contributed by atoms with van der Waals surface area (Å²) in [6.45, 7) is -0.314. The summed E-state index contributed by atoms with van der Waals surface area (Å²) >= 11 is 0. The molecule has 0 spiro atoms. The molecule has 0 amide bonds. The molecule has 0 fully saturated rings. The van der Waals surface area contributed by atoms with Gasteiger partial charge in [-0.3, -0.25) is 4.79 Å². The molecule has 0 bridgehead atoms. The fourth-order valence-corrected chi connectivity index (χ4v) is 1.59. The Morgan fingerprint density at radius 3 is 2.76 bits per heavy atom. The molecule has 1 aromatic carbocycles. The van der Waals surface area contributed by atoms with Crippen molar-refractivity contribution in [1.82, 2.24) is 0 Å². The van der Waals surface area contributed by atoms with E-state index in [0.29, 0.717) is 0 Å². The van der Waals surface area contributed by atoms with Gasteiger partial charge >= 0.3 is 5.97 Å². The van der Waals surface area contributed by atoms with Crippen LogP contribution in [-0.4, -0.2) is 23.3 Å². The normalized spacial score (nSPS) is 10.1. The number of carbonyl (C=O) groups excluding carboxylic acids is 1. The average molecular weight is 292 g/mol. The number of carbonyl (C=O) groups is 1. The molecule has 0 atom stereocenters. The van der Waals surface area contributed by atoms with Crippen LogP contribution in [0.5, 0.6) is 17.2 Å². The zero-order valence-electron chi connectivity index (χ0n) is 11.0. The summed E-state index contributed by atoms with van der Waals surface area (Å²) in [7, 11) is 1.36. The molecule has 0 aliphatic carbocycles. The number of benzene rings is 1. The maximum absolute atomic E-state index is 11.9. The van der Waals surface area contributed by atoms with Gasteiger partial charge < -0.3 is 24.1 Å². The Morgan fingerprint density at radius 1 is 1.33 bits per heavy atom. The highest BCUT2D eigenvalue weighted by Gasteiger charge is 2.16. The molecule has 7 heteroatoms. The van der Waals surface area contributed by atoms with Crippen LogP contribution < -0.4 is 10.2 Å². The van der Waals surface area contributed by atoms with E-state index in [9.17, 15) is 14.7 Å². The minimum atomic E-state index is -0.804. The number of rotatable bonds is 4. The van der Waals surface area contributed by atoms with E-state index in [4.69, 9.17) is 19.0 Å². The molecule has 0 saturated heterocycles. The molecule has 0 radical (unpaired) electrons. The first-order chi connectivity index (χ1) is 10.0. The van der Waals surface area contributed by atoms with Gasteiger partial charge in [-0.2, -0.15) is 0 Å². The van der Waals surface area contributed by atoms with E-state index in [1.54, 1.807) is 0 Å². The number of hydrogen-bond acceptors (Lipinski definition) is 7. The van der Waals surface area contributed by atoms with E-state index in [2.05, 4.69) is 0 Å². The summed E-state index contributed by atoms with van der Waals surface area (Å²) in [6, 6.07) is 5.39. The summed E-state index contributed by atoms with van der Waals surface area (Å²) in [4.78, 5) is 23.0. The molecule has 2 rings (SSSR count). The molecule has 0 saturated carbocycles. The minimum absolute atomic E-state index is 0.0635. The number of phenols is 1. The van der Waals surface area contributed by atoms with Crippen molar-refractivity contribution < 1.29 is 28.9 Å². The fourth-order valence-electron chi connectivity index (χ4n) is 1.59. The quantitative estimate of drug-likeness (QED) is 0.820. The first-order valence-electron chi connectivity index (χ1n) is 5.86. The third-order valence-electron chi connectivity index (χ3n) is 2.65. The van der Waals surface area contributed by atoms with Crippen LogP contribution in [-0.2, 0) is 11.3 Å². The Balaban J connectivity index is 2.11. The van der Waals surface area contributed by atoms with Gasteiger partial charge in [-0.25, -0.2) is 4.79 Å². The Morgan fingerprint density at radius 2 is 2.10 bits per heavy atom. The zero-order valence-corrected chi connectivity index (χ0v) is 11.0. The van der Waals surface area contributed by atoms with Crippen LogP contribution in [0.25, 0.3) is 0 Å². The summed E-state index contributed by atoms with van der Waals surface area (Å²) < 4.78 is 14.7. The number of ether oxygens (including phenoxy) is 2. The highest BCUT2D eigenvalue weighted by Crippen LogP contribution is 2.29. The topological polar surface area (TPSA) is 106 Å². The summed E-state index contributed by atoms with van der Waals surface area (Å²) in [5.74, 6) is -1.47. The van der Waals surface area contributed by atoms with Crippen molar-refractivity contribution in [2.45, 2.75) is 6.61 Å². The van der Waals surface area contributed by atoms with Crippen LogP contribution in [0.4, 0.5) is 0 Å². The van der Waals surface area contributed by atoms with Crippen LogP contribution in [0.15, 0.2) is 39.7 Å². The van der Waals surface area contributed by atoms with Gasteiger partial charge in [-0.05, 0) is 12.1 Å². The number of hydrogen-bond donors (Lipinski definition) is 2. The average Bonchev–Trinajstić information content (AvgIpc) is 2.48. The van der Waals surface area contributed by atoms with Crippen LogP contribution in [0, 0.1) is 0 Å². The molecule has 0 aliphatic rings. The Kier molecular flexibility index (Phi) is 4.13. The largest absolute Gasteiger partial charge is 0.504 e. The third-order valence-corrected chi connectivity index (χ3v) is 2.65. The molecule has 2 aromatic rings. The van der Waals surface area contributed by atoms with Crippen molar-refractivity contribution in [3.05, 3.63) is 52.1 Å². The summed E-state index contributed by atoms with van der Waals surface area (Å²) in [5.41, 5.74) is -0.716. The number of methoxy groups -OCH3 is 1. The van der Waals surface area contributed by atoms with Gasteiger partial charge in [0.05, 0.1) is 7.11 Å². The van der Waals surface area contributed by atoms with Crippen molar-refractivity contribution in [3.8, 4) is 17.2 Å². The predicted molar refractivity (Wildman–Crippen MR) is 70.4 cm³/mol. The van der Waals surface area contributed by atoms with E-state index >= 15 is 0 Å². The first-order valence-corrected chi connectivity index (χ1v) is 5.86. The van der Waals surface area contributed by atoms with Gasteiger partial charge in [0.15, 0.2) is 17.2 Å². The maximum Gasteiger partial charge on any atom is 0.342 e. The molecule has 2 N–H and O–H groups in total. The van der Waals surface area contributed by atoms with E-state index < -0.39 is 17.1 Å². The zero-order chi connectivity index (χ0) is 15.4. The molecular formula is C14H12O7. The second-order valence-electron chi connectivity index (χ2n) is 4.03. The van der Waals surface area contributed by atoms with Crippen LogP contribution in [0.3, 0.4) is 0 Å². The van der Waals surface area contributed by atoms with Gasteiger partial charge in [0.25, 0.3) is 0 Å². The van der Waals surface area contributed by atoms with Crippen molar-refractivity contribution in [3.63, 3.8) is 0 Å². The maximum atomic E-state index is 11.9. The van der Waals surface area contributed by atoms with Gasteiger partial charge in [0.2, 0.25) is 5.43 Å². The second kappa shape index (κ2) is 6.00. The Bertz CT molecular complexity index is 718. The Labute approximate surface area is 119 Å². The molecule has 7 nitrogen and oxygen atoms in total. The van der Waals surface area contributed by atoms with Crippen molar-refractivity contribution in [2.24, 2.45) is 0 Å². The van der Waals surface area contributed by atoms with Gasteiger partial charge in [-0.15, -0.1) is 0 Å². The first kappa shape index (κ1) is 14.4. The highest BCUT2D eigenvalue weighted by molar-refractivity contribution is 5.93. The molecule has 1 aromatic heterocycles. The number of aromatic hydroxyl groups is 2. The number of phenolic OH excluding ortho intramolecular Hbond substituents is 1. The summed E-state index contributed by atoms with van der Waals surface area (Å²) in [6.07, 6.45) is 0.856. The monoisotopic (exact) mass is 292 g/mol. The third kappa shape index (κ3) is 3.14. The lowest BCUT2D eigenvalue weighted by molar-refractivity contribution is 0.0439. The lowest BCUT2D eigenvalue weighted by Crippen LogP contribution is -2.08. The van der Waals surface area contributed by atoms with E-state index in [0.717, 1.165) is 12.3 Å². The standard InChI is InChI=1S/C14H12O7/c1-19-12-4-2-3-9(13(12)17)14(18)21-6-8-5-10(15)11(16)7-20-8/h2-5,7,16-17H,6H2,1H3. The highest BCUT2D eigenvalue weighted by atomic mass is 16.5. The fraction of sp³-hybridized carbons (Fsp3) is 0.143. The van der Waals surface area contributed by atoms with Gasteiger partial charge in [0, 0.05) is 6.07 Å². The molecule has 0 unspecified atom stereocenters. The van der Waals surface area contributed by atoms with Crippen LogP contribution in [0.1, 0.15) is 16.1 Å². The van der Waals surface area contributed by atoms with E-state index in [-0.39, 0.29) is 29.4 Å². The van der Waals surface area contributed by atoms with Crippen molar-refractivity contribution in [1.29, 1.82) is 0 Å². The van der Waals surface area contributed by atoms with Gasteiger partial charge in [0.1, 0.15) is 24.2 Å². The number of para-hydroxylation sites is 1. The van der Waals surface area contributed by atoms with Gasteiger partial charge in [-0.1, -0.05) is 6.07 Å². The SMILES string of the molecule is COc1cccc(C(=O)OCc2cc(=O)c(O)co2)c1O. The predicted octanol–water partition coefficient (Wildman–Crippen LogP) is 1.42. The van der Waals surface area contributed by atoms with Crippen molar-refractivity contribution >= 4 is 5.97 Å². The molecule has 110 valence electrons. The number of esters is 1. The van der Waals surface area contributed by atoms with Crippen molar-refractivity contribution in [2.75, 3.05) is 7.11 Å². The van der Waals surface area contributed by atoms with Crippen LogP contribution in [0.2, 0.25) is 0 Å². The molecule has 1 heterocycles. The van der Waals surface area contributed by atoms with Crippen LogP contribution >= 0.6 is 0 Å². The molecule has 21 heavy (non-hydrogen) atoms. The lowest BCUT2D eigenvalue weighted by atomic mass is 10.2. The smallest absolute Gasteiger partial charge is 0.342 e. The molecular weight excluding hydrogens is 280 g/mol.